The van der Waals surface area contributed by atoms with Crippen molar-refractivity contribution >= 4 is 40.4 Å². The van der Waals surface area contributed by atoms with Crippen molar-refractivity contribution in [3.05, 3.63) is 29.1 Å². The first-order chi connectivity index (χ1) is 10.6. The van der Waals surface area contributed by atoms with E-state index in [1.54, 1.807) is 11.8 Å². The Morgan fingerprint density at radius 3 is 2.86 bits per heavy atom. The number of hydrogen-bond acceptors (Lipinski definition) is 4. The van der Waals surface area contributed by atoms with E-state index in [4.69, 9.17) is 16.0 Å². The number of hydrogen-bond donors (Lipinski definition) is 0. The molecule has 1 aromatic carbocycles. The molecule has 2 aromatic rings. The lowest BCUT2D eigenvalue weighted by atomic mass is 9.96. The normalized spacial score (nSPS) is 17.9. The van der Waals surface area contributed by atoms with Crippen LogP contribution in [0.3, 0.4) is 0 Å². The standard InChI is InChI=1S/C16H19ClN2O2S/c1-10(22-2)16(20)19-7-5-11(6-8-19)15-18-13-9-12(17)3-4-14(13)21-15/h3-4,9-11H,5-8H2,1-2H3/t10-/m1/s1. The third-order valence-electron chi connectivity index (χ3n) is 4.22. The number of carbonyl (C=O) groups excluding carboxylic acids is 1. The number of rotatable bonds is 3. The second kappa shape index (κ2) is 6.50. The van der Waals surface area contributed by atoms with E-state index in [2.05, 4.69) is 4.98 Å². The number of carbonyl (C=O) groups is 1. The first kappa shape index (κ1) is 15.7. The summed E-state index contributed by atoms with van der Waals surface area (Å²) in [4.78, 5) is 18.7. The second-order valence-corrected chi connectivity index (χ2v) is 7.26. The van der Waals surface area contributed by atoms with Gasteiger partial charge in [0.05, 0.1) is 5.25 Å². The molecule has 0 aliphatic carbocycles. The number of oxazole rings is 1. The fourth-order valence-electron chi connectivity index (χ4n) is 2.80. The summed E-state index contributed by atoms with van der Waals surface area (Å²) >= 11 is 7.58. The van der Waals surface area contributed by atoms with E-state index >= 15 is 0 Å². The molecule has 6 heteroatoms. The second-order valence-electron chi connectivity index (χ2n) is 5.64. The number of fused-ring (bicyclic) bond motifs is 1. The summed E-state index contributed by atoms with van der Waals surface area (Å²) in [6, 6.07) is 5.49. The zero-order valence-electron chi connectivity index (χ0n) is 12.7. The Bertz CT molecular complexity index is 680. The van der Waals surface area contributed by atoms with Gasteiger partial charge in [0, 0.05) is 24.0 Å². The number of likely N-dealkylation sites (tertiary alicyclic amines) is 1. The molecule has 0 spiro atoms. The summed E-state index contributed by atoms with van der Waals surface area (Å²) < 4.78 is 5.85. The SMILES string of the molecule is CS[C@H](C)C(=O)N1CCC(c2nc3cc(Cl)ccc3o2)CC1. The van der Waals surface area contributed by atoms with Crippen molar-refractivity contribution in [3.63, 3.8) is 0 Å². The first-order valence-electron chi connectivity index (χ1n) is 7.46. The average Bonchev–Trinajstić information content (AvgIpc) is 2.96. The molecule has 1 atom stereocenters. The molecule has 0 radical (unpaired) electrons. The van der Waals surface area contributed by atoms with Crippen molar-refractivity contribution in [1.29, 1.82) is 0 Å². The molecule has 1 aromatic heterocycles. The fraction of sp³-hybridized carbons (Fsp3) is 0.500. The van der Waals surface area contributed by atoms with Gasteiger partial charge in [-0.1, -0.05) is 11.6 Å². The van der Waals surface area contributed by atoms with Gasteiger partial charge in [-0.05, 0) is 44.2 Å². The Morgan fingerprint density at radius 1 is 1.45 bits per heavy atom. The number of thioether (sulfide) groups is 1. The van der Waals surface area contributed by atoms with Crippen LogP contribution in [0.15, 0.2) is 22.6 Å². The minimum atomic E-state index is 0.0306. The van der Waals surface area contributed by atoms with E-state index in [1.807, 2.05) is 36.3 Å². The molecule has 3 rings (SSSR count). The van der Waals surface area contributed by atoms with Gasteiger partial charge in [-0.15, -0.1) is 0 Å². The van der Waals surface area contributed by atoms with Crippen LogP contribution in [0.5, 0.6) is 0 Å². The van der Waals surface area contributed by atoms with Crippen molar-refractivity contribution in [1.82, 2.24) is 9.88 Å². The third kappa shape index (κ3) is 3.10. The van der Waals surface area contributed by atoms with Crippen molar-refractivity contribution in [2.75, 3.05) is 19.3 Å². The smallest absolute Gasteiger partial charge is 0.235 e. The summed E-state index contributed by atoms with van der Waals surface area (Å²) in [5, 5.41) is 0.696. The number of aromatic nitrogens is 1. The minimum Gasteiger partial charge on any atom is -0.440 e. The molecular weight excluding hydrogens is 320 g/mol. The Hall–Kier alpha value is -1.20. The van der Waals surface area contributed by atoms with Crippen molar-refractivity contribution in [2.45, 2.75) is 30.9 Å². The van der Waals surface area contributed by atoms with Crippen molar-refractivity contribution < 1.29 is 9.21 Å². The molecule has 1 aliphatic heterocycles. The molecule has 2 heterocycles. The summed E-state index contributed by atoms with van der Waals surface area (Å²) in [5.41, 5.74) is 1.57. The van der Waals surface area contributed by atoms with Crippen molar-refractivity contribution in [2.24, 2.45) is 0 Å². The molecule has 0 bridgehead atoms. The quantitative estimate of drug-likeness (QED) is 0.850. The molecule has 1 amide bonds. The lowest BCUT2D eigenvalue weighted by Gasteiger charge is -2.32. The Morgan fingerprint density at radius 2 is 2.18 bits per heavy atom. The zero-order chi connectivity index (χ0) is 15.7. The third-order valence-corrected chi connectivity index (χ3v) is 5.37. The number of benzene rings is 1. The van der Waals surface area contributed by atoms with E-state index in [-0.39, 0.29) is 17.1 Å². The lowest BCUT2D eigenvalue weighted by Crippen LogP contribution is -2.41. The highest BCUT2D eigenvalue weighted by molar-refractivity contribution is 7.99. The highest BCUT2D eigenvalue weighted by Gasteiger charge is 2.28. The molecule has 1 aliphatic rings. The number of nitrogens with zero attached hydrogens (tertiary/aromatic N) is 2. The maximum Gasteiger partial charge on any atom is 0.235 e. The van der Waals surface area contributed by atoms with E-state index < -0.39 is 0 Å². The Kier molecular flexibility index (Phi) is 4.64. The predicted octanol–water partition coefficient (Wildman–Crippen LogP) is 3.94. The van der Waals surface area contributed by atoms with Gasteiger partial charge in [-0.3, -0.25) is 4.79 Å². The topological polar surface area (TPSA) is 46.3 Å². The molecule has 4 nitrogen and oxygen atoms in total. The van der Waals surface area contributed by atoms with Crippen LogP contribution in [0.4, 0.5) is 0 Å². The molecule has 0 N–H and O–H groups in total. The highest BCUT2D eigenvalue weighted by atomic mass is 35.5. The first-order valence-corrected chi connectivity index (χ1v) is 9.12. The largest absolute Gasteiger partial charge is 0.440 e. The summed E-state index contributed by atoms with van der Waals surface area (Å²) in [7, 11) is 0. The number of piperidine rings is 1. The highest BCUT2D eigenvalue weighted by Crippen LogP contribution is 2.31. The zero-order valence-corrected chi connectivity index (χ0v) is 14.3. The molecule has 0 unspecified atom stereocenters. The van der Waals surface area contributed by atoms with Gasteiger partial charge in [-0.2, -0.15) is 11.8 Å². The van der Waals surface area contributed by atoms with Gasteiger partial charge in [0.1, 0.15) is 5.52 Å². The Labute approximate surface area is 139 Å². The van der Waals surface area contributed by atoms with Crippen LogP contribution in [-0.2, 0) is 4.79 Å². The van der Waals surface area contributed by atoms with Crippen LogP contribution in [0.25, 0.3) is 11.1 Å². The molecule has 22 heavy (non-hydrogen) atoms. The van der Waals surface area contributed by atoms with Gasteiger partial charge < -0.3 is 9.32 Å². The van der Waals surface area contributed by atoms with Crippen LogP contribution in [0.2, 0.25) is 5.02 Å². The van der Waals surface area contributed by atoms with Gasteiger partial charge in [-0.25, -0.2) is 4.98 Å². The van der Waals surface area contributed by atoms with Crippen LogP contribution in [0.1, 0.15) is 31.6 Å². The van der Waals surface area contributed by atoms with E-state index in [0.29, 0.717) is 5.02 Å². The van der Waals surface area contributed by atoms with Crippen LogP contribution in [0, 0.1) is 0 Å². The van der Waals surface area contributed by atoms with Crippen LogP contribution < -0.4 is 0 Å². The molecule has 1 saturated heterocycles. The lowest BCUT2D eigenvalue weighted by molar-refractivity contribution is -0.131. The monoisotopic (exact) mass is 338 g/mol. The predicted molar refractivity (Wildman–Crippen MR) is 90.6 cm³/mol. The number of amides is 1. The van der Waals surface area contributed by atoms with Gasteiger partial charge >= 0.3 is 0 Å². The summed E-state index contributed by atoms with van der Waals surface area (Å²) in [6.45, 7) is 3.51. The van der Waals surface area contributed by atoms with E-state index in [9.17, 15) is 4.79 Å². The maximum absolute atomic E-state index is 12.2. The van der Waals surface area contributed by atoms with Crippen LogP contribution >= 0.6 is 23.4 Å². The van der Waals surface area contributed by atoms with Crippen molar-refractivity contribution in [3.8, 4) is 0 Å². The molecule has 118 valence electrons. The van der Waals surface area contributed by atoms with E-state index in [0.717, 1.165) is 42.9 Å². The van der Waals surface area contributed by atoms with Gasteiger partial charge in [0.2, 0.25) is 5.91 Å². The van der Waals surface area contributed by atoms with E-state index in [1.165, 1.54) is 0 Å². The summed E-state index contributed by atoms with van der Waals surface area (Å²) in [6.07, 6.45) is 3.76. The summed E-state index contributed by atoms with van der Waals surface area (Å²) in [5.74, 6) is 1.28. The Balaban J connectivity index is 1.68. The van der Waals surface area contributed by atoms with Gasteiger partial charge in [0.15, 0.2) is 11.5 Å². The average molecular weight is 339 g/mol. The molecule has 1 fully saturated rings. The fourth-order valence-corrected chi connectivity index (χ4v) is 3.31. The number of halogens is 1. The van der Waals surface area contributed by atoms with Gasteiger partial charge in [0.25, 0.3) is 0 Å². The minimum absolute atomic E-state index is 0.0306. The van der Waals surface area contributed by atoms with Crippen LogP contribution in [-0.4, -0.2) is 40.4 Å². The molecular formula is C16H19ClN2O2S. The maximum atomic E-state index is 12.2. The molecule has 0 saturated carbocycles.